The van der Waals surface area contributed by atoms with Gasteiger partial charge in [0.15, 0.2) is 0 Å². The summed E-state index contributed by atoms with van der Waals surface area (Å²) in [5.74, 6) is 0.250. The second kappa shape index (κ2) is 13.4. The number of hydrogen-bond acceptors (Lipinski definition) is 3. The first-order chi connectivity index (χ1) is 29.2. The Morgan fingerprint density at radius 1 is 0.475 bits per heavy atom. The summed E-state index contributed by atoms with van der Waals surface area (Å²) in [6.45, 7) is 2.39. The Morgan fingerprint density at radius 3 is 1.56 bits per heavy atom. The summed E-state index contributed by atoms with van der Waals surface area (Å²) in [6.07, 6.45) is 4.93. The first-order valence-corrected chi connectivity index (χ1v) is 21.4. The molecule has 0 saturated carbocycles. The molecule has 1 aliphatic heterocycles. The fourth-order valence-corrected chi connectivity index (χ4v) is 11.6. The minimum Gasteiger partial charge on any atom is -0.333 e. The highest BCUT2D eigenvalue weighted by Crippen LogP contribution is 2.64. The van der Waals surface area contributed by atoms with E-state index in [1.165, 1.54) is 88.2 Å². The second-order valence-electron chi connectivity index (χ2n) is 16.0. The van der Waals surface area contributed by atoms with Crippen LogP contribution in [-0.4, -0.2) is 6.04 Å². The Bertz CT molecular complexity index is 2910. The topological polar surface area (TPSA) is 6.48 Å². The van der Waals surface area contributed by atoms with Crippen molar-refractivity contribution in [3.63, 3.8) is 0 Å². The Hall–Kier alpha value is -6.81. The molecule has 4 aliphatic rings. The van der Waals surface area contributed by atoms with Crippen LogP contribution in [0.1, 0.15) is 29.2 Å². The molecular formula is C56H40N2S. The van der Waals surface area contributed by atoms with Gasteiger partial charge in [0.2, 0.25) is 0 Å². The molecule has 1 spiro atoms. The van der Waals surface area contributed by atoms with Crippen molar-refractivity contribution in [1.29, 1.82) is 0 Å². The number of anilines is 5. The van der Waals surface area contributed by atoms with Crippen LogP contribution in [-0.2, 0) is 5.41 Å². The molecule has 280 valence electrons. The second-order valence-corrected chi connectivity index (χ2v) is 17.1. The zero-order valence-electron chi connectivity index (χ0n) is 32.7. The fourth-order valence-electron chi connectivity index (χ4n) is 10.5. The molecule has 0 aromatic heterocycles. The molecule has 8 aromatic rings. The average Bonchev–Trinajstić information content (AvgIpc) is 3.77. The predicted octanol–water partition coefficient (Wildman–Crippen LogP) is 14.8. The lowest BCUT2D eigenvalue weighted by Gasteiger charge is -2.41. The van der Waals surface area contributed by atoms with E-state index < -0.39 is 0 Å². The van der Waals surface area contributed by atoms with Crippen molar-refractivity contribution in [2.45, 2.75) is 28.2 Å². The molecule has 0 saturated heterocycles. The van der Waals surface area contributed by atoms with Gasteiger partial charge >= 0.3 is 0 Å². The minimum absolute atomic E-state index is 0.0662. The van der Waals surface area contributed by atoms with E-state index in [9.17, 15) is 0 Å². The van der Waals surface area contributed by atoms with Crippen molar-refractivity contribution in [1.82, 2.24) is 0 Å². The van der Waals surface area contributed by atoms with E-state index in [2.05, 4.69) is 229 Å². The van der Waals surface area contributed by atoms with Gasteiger partial charge in [0, 0.05) is 26.9 Å². The number of hydrogen-bond donors (Lipinski definition) is 0. The highest BCUT2D eigenvalue weighted by Gasteiger charge is 2.54. The van der Waals surface area contributed by atoms with E-state index in [0.717, 1.165) is 5.69 Å². The third kappa shape index (κ3) is 5.01. The van der Waals surface area contributed by atoms with E-state index in [4.69, 9.17) is 0 Å². The highest BCUT2D eigenvalue weighted by molar-refractivity contribution is 7.99. The van der Waals surface area contributed by atoms with Gasteiger partial charge < -0.3 is 9.80 Å². The SMILES string of the molecule is CC1C=CC2=C(c3ccccc3C23c2ccccc2-c2ccccc23)C1N(c1ccccc1)c1ccc(-c2ccc(N3c4ccccc4Sc4ccccc43)cc2)cc1. The van der Waals surface area contributed by atoms with Gasteiger partial charge in [0.1, 0.15) is 0 Å². The van der Waals surface area contributed by atoms with Gasteiger partial charge in [0.25, 0.3) is 0 Å². The van der Waals surface area contributed by atoms with Gasteiger partial charge in [-0.05, 0) is 122 Å². The quantitative estimate of drug-likeness (QED) is 0.172. The molecule has 0 fully saturated rings. The molecule has 0 radical (unpaired) electrons. The van der Waals surface area contributed by atoms with Gasteiger partial charge in [-0.15, -0.1) is 0 Å². The van der Waals surface area contributed by atoms with Crippen LogP contribution in [0.15, 0.2) is 228 Å². The molecule has 0 N–H and O–H groups in total. The summed E-state index contributed by atoms with van der Waals surface area (Å²) in [5.41, 5.74) is 19.0. The van der Waals surface area contributed by atoms with Gasteiger partial charge in [0.05, 0.1) is 22.8 Å². The summed E-state index contributed by atoms with van der Waals surface area (Å²) in [4.78, 5) is 7.53. The van der Waals surface area contributed by atoms with Crippen LogP contribution in [0.25, 0.3) is 27.8 Å². The first-order valence-electron chi connectivity index (χ1n) is 20.6. The van der Waals surface area contributed by atoms with E-state index in [1.54, 1.807) is 0 Å². The molecule has 2 nitrogen and oxygen atoms in total. The van der Waals surface area contributed by atoms with E-state index in [0.29, 0.717) is 0 Å². The number of allylic oxidation sites excluding steroid dienone is 2. The third-order valence-electron chi connectivity index (χ3n) is 13.0. The molecule has 2 unspecified atom stereocenters. The molecule has 59 heavy (non-hydrogen) atoms. The third-order valence-corrected chi connectivity index (χ3v) is 14.1. The summed E-state index contributed by atoms with van der Waals surface area (Å²) in [5, 5.41) is 0. The predicted molar refractivity (Wildman–Crippen MR) is 246 cm³/mol. The van der Waals surface area contributed by atoms with Crippen LogP contribution >= 0.6 is 11.8 Å². The van der Waals surface area contributed by atoms with Gasteiger partial charge in [-0.3, -0.25) is 0 Å². The molecule has 3 heteroatoms. The zero-order chi connectivity index (χ0) is 39.1. The first kappa shape index (κ1) is 34.3. The molecule has 0 amide bonds. The molecule has 12 rings (SSSR count). The minimum atomic E-state index is -0.371. The number of para-hydroxylation sites is 3. The molecule has 1 heterocycles. The lowest BCUT2D eigenvalue weighted by atomic mass is 9.68. The van der Waals surface area contributed by atoms with Crippen molar-refractivity contribution in [3.05, 3.63) is 240 Å². The van der Waals surface area contributed by atoms with Crippen LogP contribution in [0.3, 0.4) is 0 Å². The number of fused-ring (bicyclic) bond motifs is 11. The van der Waals surface area contributed by atoms with Gasteiger partial charge in [-0.2, -0.15) is 0 Å². The summed E-state index contributed by atoms with van der Waals surface area (Å²) >= 11 is 1.84. The smallest absolute Gasteiger partial charge is 0.0722 e. The standard InChI is InChI=1S/C56H40N2S/c1-37-27-36-49-54(45-19-7-10-22-48(45)56(49)46-20-8-5-17-43(46)44-18-6-9-21-47(44)56)55(37)57(40-15-3-2-4-16-40)41-32-28-38(29-33-41)39-30-34-42(35-31-39)58-50-23-11-13-25-52(50)59-53-26-14-12-24-51(53)58/h2-37,55H,1H3. The Kier molecular flexibility index (Phi) is 7.76. The maximum absolute atomic E-state index is 2.60. The average molecular weight is 773 g/mol. The van der Waals surface area contributed by atoms with E-state index in [-0.39, 0.29) is 17.4 Å². The monoisotopic (exact) mass is 772 g/mol. The maximum Gasteiger partial charge on any atom is 0.0722 e. The normalized spacial score (nSPS) is 17.5. The zero-order valence-corrected chi connectivity index (χ0v) is 33.5. The van der Waals surface area contributed by atoms with Crippen LogP contribution in [0, 0.1) is 5.92 Å². The lowest BCUT2D eigenvalue weighted by molar-refractivity contribution is 0.616. The Labute approximate surface area is 350 Å². The van der Waals surface area contributed by atoms with Crippen LogP contribution in [0.4, 0.5) is 28.4 Å². The molecular weight excluding hydrogens is 733 g/mol. The van der Waals surface area contributed by atoms with Crippen molar-refractivity contribution in [3.8, 4) is 22.3 Å². The number of nitrogens with zero attached hydrogens (tertiary/aromatic N) is 2. The van der Waals surface area contributed by atoms with Crippen LogP contribution < -0.4 is 9.80 Å². The fraction of sp³-hybridized carbons (Fsp3) is 0.0714. The Balaban J connectivity index is 0.961. The van der Waals surface area contributed by atoms with Crippen molar-refractivity contribution < 1.29 is 0 Å². The largest absolute Gasteiger partial charge is 0.333 e. The molecule has 2 atom stereocenters. The van der Waals surface area contributed by atoms with E-state index in [1.807, 2.05) is 11.8 Å². The van der Waals surface area contributed by atoms with Crippen molar-refractivity contribution >= 4 is 45.8 Å². The van der Waals surface area contributed by atoms with Gasteiger partial charge in [-0.1, -0.05) is 170 Å². The summed E-state index contributed by atoms with van der Waals surface area (Å²) in [6, 6.07) is 74.2. The lowest BCUT2D eigenvalue weighted by Crippen LogP contribution is -2.39. The molecule has 0 bridgehead atoms. The van der Waals surface area contributed by atoms with Crippen LogP contribution in [0.2, 0.25) is 0 Å². The van der Waals surface area contributed by atoms with E-state index >= 15 is 0 Å². The maximum atomic E-state index is 2.60. The summed E-state index contributed by atoms with van der Waals surface area (Å²) < 4.78 is 0. The van der Waals surface area contributed by atoms with Crippen LogP contribution in [0.5, 0.6) is 0 Å². The number of rotatable bonds is 5. The van der Waals surface area contributed by atoms with Gasteiger partial charge in [-0.25, -0.2) is 0 Å². The highest BCUT2D eigenvalue weighted by atomic mass is 32.2. The van der Waals surface area contributed by atoms with Crippen molar-refractivity contribution in [2.75, 3.05) is 9.80 Å². The van der Waals surface area contributed by atoms with Crippen molar-refractivity contribution in [2.24, 2.45) is 5.92 Å². The Morgan fingerprint density at radius 2 is 0.949 bits per heavy atom. The molecule has 8 aromatic carbocycles. The molecule has 3 aliphatic carbocycles. The number of benzene rings is 8. The summed E-state index contributed by atoms with van der Waals surface area (Å²) in [7, 11) is 0.